The summed E-state index contributed by atoms with van der Waals surface area (Å²) >= 11 is 0. The molecular formula is C14H21N3. The zero-order chi connectivity index (χ0) is 11.2. The van der Waals surface area contributed by atoms with E-state index in [1.165, 1.54) is 50.8 Å². The van der Waals surface area contributed by atoms with E-state index in [2.05, 4.69) is 27.4 Å². The average molecular weight is 231 g/mol. The van der Waals surface area contributed by atoms with E-state index in [1.807, 2.05) is 0 Å². The zero-order valence-corrected chi connectivity index (χ0v) is 10.3. The molecule has 3 heteroatoms. The second-order valence-corrected chi connectivity index (χ2v) is 6.04. The number of rotatable bonds is 4. The van der Waals surface area contributed by atoms with E-state index < -0.39 is 0 Å². The van der Waals surface area contributed by atoms with Crippen molar-refractivity contribution in [3.8, 4) is 0 Å². The first-order valence-corrected chi connectivity index (χ1v) is 7.18. The van der Waals surface area contributed by atoms with Crippen LogP contribution in [0.2, 0.25) is 0 Å². The smallest absolute Gasteiger partial charge is 0.0951 e. The van der Waals surface area contributed by atoms with Gasteiger partial charge in [0.1, 0.15) is 0 Å². The van der Waals surface area contributed by atoms with Crippen molar-refractivity contribution < 1.29 is 0 Å². The van der Waals surface area contributed by atoms with Gasteiger partial charge in [0, 0.05) is 18.3 Å². The van der Waals surface area contributed by atoms with Gasteiger partial charge in [-0.05, 0) is 56.9 Å². The van der Waals surface area contributed by atoms with E-state index in [4.69, 9.17) is 0 Å². The molecule has 2 saturated carbocycles. The van der Waals surface area contributed by atoms with Crippen molar-refractivity contribution in [1.82, 2.24) is 14.9 Å². The molecule has 1 N–H and O–H groups in total. The van der Waals surface area contributed by atoms with Gasteiger partial charge in [-0.2, -0.15) is 0 Å². The third-order valence-electron chi connectivity index (χ3n) is 4.64. The highest BCUT2D eigenvalue weighted by molar-refractivity contribution is 5.11. The highest BCUT2D eigenvalue weighted by atomic mass is 15.1. The fraction of sp³-hybridized carbons (Fsp3) is 0.786. The Morgan fingerprint density at radius 3 is 2.53 bits per heavy atom. The van der Waals surface area contributed by atoms with Crippen LogP contribution in [0.4, 0.5) is 0 Å². The van der Waals surface area contributed by atoms with Gasteiger partial charge in [-0.25, -0.2) is 4.98 Å². The van der Waals surface area contributed by atoms with Crippen LogP contribution in [0.1, 0.15) is 56.3 Å². The van der Waals surface area contributed by atoms with Gasteiger partial charge in [-0.15, -0.1) is 0 Å². The molecule has 4 rings (SSSR count). The minimum atomic E-state index is 0.567. The molecule has 1 atom stereocenters. The van der Waals surface area contributed by atoms with Crippen LogP contribution in [0.5, 0.6) is 0 Å². The van der Waals surface area contributed by atoms with Crippen LogP contribution in [0.25, 0.3) is 0 Å². The Morgan fingerprint density at radius 1 is 1.18 bits per heavy atom. The lowest BCUT2D eigenvalue weighted by Crippen LogP contribution is -2.21. The van der Waals surface area contributed by atoms with Crippen molar-refractivity contribution in [2.45, 2.75) is 50.6 Å². The van der Waals surface area contributed by atoms with Crippen LogP contribution in [0, 0.1) is 11.8 Å². The van der Waals surface area contributed by atoms with Crippen molar-refractivity contribution in [3.05, 3.63) is 18.2 Å². The van der Waals surface area contributed by atoms with E-state index >= 15 is 0 Å². The third-order valence-corrected chi connectivity index (χ3v) is 4.64. The zero-order valence-electron chi connectivity index (χ0n) is 10.3. The molecule has 2 aliphatic carbocycles. The number of imidazole rings is 1. The summed E-state index contributed by atoms with van der Waals surface area (Å²) in [5, 5.41) is 3.61. The highest BCUT2D eigenvalue weighted by Crippen LogP contribution is 2.52. The predicted molar refractivity (Wildman–Crippen MR) is 66.7 cm³/mol. The summed E-state index contributed by atoms with van der Waals surface area (Å²) in [7, 11) is 0. The molecule has 1 aliphatic heterocycles. The molecule has 2 heterocycles. The Labute approximate surface area is 103 Å². The minimum absolute atomic E-state index is 0.567. The first kappa shape index (κ1) is 10.1. The summed E-state index contributed by atoms with van der Waals surface area (Å²) < 4.78 is 2.53. The average Bonchev–Trinajstić information content (AvgIpc) is 3.23. The lowest BCUT2D eigenvalue weighted by Gasteiger charge is -2.23. The quantitative estimate of drug-likeness (QED) is 0.863. The van der Waals surface area contributed by atoms with Crippen LogP contribution in [0.3, 0.4) is 0 Å². The molecule has 1 saturated heterocycles. The van der Waals surface area contributed by atoms with Gasteiger partial charge in [0.2, 0.25) is 0 Å². The molecule has 0 bridgehead atoms. The summed E-state index contributed by atoms with van der Waals surface area (Å²) in [5.74, 6) is 1.91. The van der Waals surface area contributed by atoms with Gasteiger partial charge in [0.05, 0.1) is 12.0 Å². The maximum atomic E-state index is 4.43. The molecule has 1 aromatic heterocycles. The SMILES string of the molecule is c1ncn(C(C2CC2)C2CC2)c1[C@@H]1CCCN1. The first-order valence-electron chi connectivity index (χ1n) is 7.18. The normalized spacial score (nSPS) is 29.1. The van der Waals surface area contributed by atoms with Gasteiger partial charge in [0.15, 0.2) is 0 Å². The molecule has 0 amide bonds. The second-order valence-electron chi connectivity index (χ2n) is 6.04. The second kappa shape index (κ2) is 3.84. The lowest BCUT2D eigenvalue weighted by atomic mass is 10.1. The topological polar surface area (TPSA) is 29.9 Å². The summed E-state index contributed by atoms with van der Waals surface area (Å²) in [4.78, 5) is 4.43. The standard InChI is InChI=1S/C14H21N3/c1-2-12(16-7-1)13-8-15-9-17(13)14(10-3-4-10)11-5-6-11/h8-12,14,16H,1-7H2/t12-/m0/s1. The molecule has 0 unspecified atom stereocenters. The maximum absolute atomic E-state index is 4.43. The van der Waals surface area contributed by atoms with Crippen molar-refractivity contribution in [2.75, 3.05) is 6.54 Å². The Bertz CT molecular complexity index is 385. The Morgan fingerprint density at radius 2 is 1.94 bits per heavy atom. The van der Waals surface area contributed by atoms with Gasteiger partial charge in [-0.1, -0.05) is 0 Å². The molecule has 0 aromatic carbocycles. The van der Waals surface area contributed by atoms with E-state index in [-0.39, 0.29) is 0 Å². The largest absolute Gasteiger partial charge is 0.329 e. The number of nitrogens with zero attached hydrogens (tertiary/aromatic N) is 2. The molecule has 3 nitrogen and oxygen atoms in total. The number of hydrogen-bond donors (Lipinski definition) is 1. The number of nitrogens with one attached hydrogen (secondary N) is 1. The molecule has 92 valence electrons. The molecule has 0 spiro atoms. The van der Waals surface area contributed by atoms with Gasteiger partial charge in [-0.3, -0.25) is 0 Å². The first-order chi connectivity index (χ1) is 8.43. The molecular weight excluding hydrogens is 210 g/mol. The van der Waals surface area contributed by atoms with E-state index in [9.17, 15) is 0 Å². The molecule has 3 aliphatic rings. The third kappa shape index (κ3) is 1.81. The van der Waals surface area contributed by atoms with E-state index in [1.54, 1.807) is 0 Å². The van der Waals surface area contributed by atoms with Crippen molar-refractivity contribution in [2.24, 2.45) is 11.8 Å². The van der Waals surface area contributed by atoms with Crippen molar-refractivity contribution >= 4 is 0 Å². The van der Waals surface area contributed by atoms with Crippen LogP contribution in [-0.4, -0.2) is 16.1 Å². The maximum Gasteiger partial charge on any atom is 0.0951 e. The van der Waals surface area contributed by atoms with Crippen LogP contribution < -0.4 is 5.32 Å². The van der Waals surface area contributed by atoms with Crippen molar-refractivity contribution in [3.63, 3.8) is 0 Å². The fourth-order valence-electron chi connectivity index (χ4n) is 3.49. The number of hydrogen-bond acceptors (Lipinski definition) is 2. The molecule has 17 heavy (non-hydrogen) atoms. The summed E-state index contributed by atoms with van der Waals surface area (Å²) in [6, 6.07) is 1.34. The Balaban J connectivity index is 1.64. The molecule has 1 aromatic rings. The highest BCUT2D eigenvalue weighted by Gasteiger charge is 2.43. The van der Waals surface area contributed by atoms with E-state index in [0.717, 1.165) is 17.9 Å². The van der Waals surface area contributed by atoms with Gasteiger partial charge >= 0.3 is 0 Å². The van der Waals surface area contributed by atoms with Crippen molar-refractivity contribution in [1.29, 1.82) is 0 Å². The Hall–Kier alpha value is -0.830. The van der Waals surface area contributed by atoms with Crippen LogP contribution >= 0.6 is 0 Å². The molecule has 3 fully saturated rings. The fourth-order valence-corrected chi connectivity index (χ4v) is 3.49. The summed E-state index contributed by atoms with van der Waals surface area (Å²) in [6.45, 7) is 1.17. The number of aromatic nitrogens is 2. The van der Waals surface area contributed by atoms with Gasteiger partial charge < -0.3 is 9.88 Å². The predicted octanol–water partition coefficient (Wildman–Crippen LogP) is 2.67. The van der Waals surface area contributed by atoms with Crippen LogP contribution in [0.15, 0.2) is 12.5 Å². The van der Waals surface area contributed by atoms with E-state index in [0.29, 0.717) is 6.04 Å². The van der Waals surface area contributed by atoms with Crippen LogP contribution in [-0.2, 0) is 0 Å². The summed E-state index contributed by atoms with van der Waals surface area (Å²) in [6.07, 6.45) is 12.6. The van der Waals surface area contributed by atoms with Gasteiger partial charge in [0.25, 0.3) is 0 Å². The minimum Gasteiger partial charge on any atom is -0.329 e. The summed E-state index contributed by atoms with van der Waals surface area (Å²) in [5.41, 5.74) is 1.45. The monoisotopic (exact) mass is 231 g/mol. The Kier molecular flexibility index (Phi) is 2.29. The molecule has 0 radical (unpaired) electrons. The lowest BCUT2D eigenvalue weighted by molar-refractivity contribution is 0.373.